The van der Waals surface area contributed by atoms with Gasteiger partial charge in [-0.2, -0.15) is 0 Å². The molecule has 1 aromatic heterocycles. The van der Waals surface area contributed by atoms with Gasteiger partial charge >= 0.3 is 5.97 Å². The summed E-state index contributed by atoms with van der Waals surface area (Å²) in [4.78, 5) is 23.9. The number of hydrogen-bond acceptors (Lipinski definition) is 3. The first kappa shape index (κ1) is 20.4. The number of fused-ring (bicyclic) bond motifs is 3. The van der Waals surface area contributed by atoms with Crippen LogP contribution in [-0.4, -0.2) is 40.2 Å². The molecule has 1 aliphatic rings. The van der Waals surface area contributed by atoms with Gasteiger partial charge in [-0.3, -0.25) is 9.59 Å². The average molecular weight is 386 g/mol. The molecule has 1 aliphatic heterocycles. The van der Waals surface area contributed by atoms with Crippen LogP contribution in [0.3, 0.4) is 0 Å². The Morgan fingerprint density at radius 3 is 2.71 bits per heavy atom. The Labute approximate surface area is 166 Å². The van der Waals surface area contributed by atoms with Crippen LogP contribution in [0, 0.1) is 5.92 Å². The lowest BCUT2D eigenvalue weighted by Gasteiger charge is -2.19. The SMILES string of the molecule is CC(C)N[C@@H](CCCCNC(=O)[C@H]1Cc2cc3ccccc3n2C1C)C(=O)O. The number of unbranched alkanes of at least 4 members (excludes halogenated alkanes) is 1. The minimum Gasteiger partial charge on any atom is -0.480 e. The molecule has 1 aromatic carbocycles. The zero-order valence-electron chi connectivity index (χ0n) is 16.9. The van der Waals surface area contributed by atoms with E-state index in [1.807, 2.05) is 26.0 Å². The molecule has 0 saturated carbocycles. The minimum atomic E-state index is -0.813. The van der Waals surface area contributed by atoms with Crippen molar-refractivity contribution >= 4 is 22.8 Å². The smallest absolute Gasteiger partial charge is 0.320 e. The Bertz CT molecular complexity index is 843. The first-order valence-corrected chi connectivity index (χ1v) is 10.2. The van der Waals surface area contributed by atoms with Crippen molar-refractivity contribution in [3.05, 3.63) is 36.0 Å². The Morgan fingerprint density at radius 1 is 1.25 bits per heavy atom. The van der Waals surface area contributed by atoms with Gasteiger partial charge < -0.3 is 20.3 Å². The van der Waals surface area contributed by atoms with Crippen LogP contribution in [0.2, 0.25) is 0 Å². The van der Waals surface area contributed by atoms with E-state index in [0.29, 0.717) is 13.0 Å². The average Bonchev–Trinajstić information content (AvgIpc) is 3.16. The summed E-state index contributed by atoms with van der Waals surface area (Å²) in [6.07, 6.45) is 2.88. The van der Waals surface area contributed by atoms with Crippen molar-refractivity contribution in [3.8, 4) is 0 Å². The minimum absolute atomic E-state index is 0.0472. The third-order valence-corrected chi connectivity index (χ3v) is 5.63. The van der Waals surface area contributed by atoms with Gasteiger partial charge in [-0.1, -0.05) is 32.0 Å². The lowest BCUT2D eigenvalue weighted by atomic mass is 9.98. The summed E-state index contributed by atoms with van der Waals surface area (Å²) in [7, 11) is 0. The van der Waals surface area contributed by atoms with Gasteiger partial charge in [0.05, 0.1) is 5.92 Å². The fourth-order valence-corrected chi connectivity index (χ4v) is 4.26. The zero-order chi connectivity index (χ0) is 20.3. The molecule has 3 atom stereocenters. The van der Waals surface area contributed by atoms with Crippen LogP contribution in [-0.2, 0) is 16.0 Å². The second-order valence-electron chi connectivity index (χ2n) is 8.11. The molecule has 6 heteroatoms. The Balaban J connectivity index is 1.46. The molecule has 1 amide bonds. The Morgan fingerprint density at radius 2 is 2.00 bits per heavy atom. The molecule has 2 aromatic rings. The van der Waals surface area contributed by atoms with E-state index in [1.165, 1.54) is 16.6 Å². The number of aromatic nitrogens is 1. The quantitative estimate of drug-likeness (QED) is 0.579. The molecule has 3 rings (SSSR count). The topological polar surface area (TPSA) is 83.4 Å². The highest BCUT2D eigenvalue weighted by Crippen LogP contribution is 2.36. The maximum atomic E-state index is 12.7. The highest BCUT2D eigenvalue weighted by atomic mass is 16.4. The third kappa shape index (κ3) is 4.38. The number of carboxylic acid groups (broad SMARTS) is 1. The van der Waals surface area contributed by atoms with Gasteiger partial charge in [0.25, 0.3) is 0 Å². The third-order valence-electron chi connectivity index (χ3n) is 5.63. The van der Waals surface area contributed by atoms with Crippen LogP contribution in [0.25, 0.3) is 10.9 Å². The Kier molecular flexibility index (Phi) is 6.39. The van der Waals surface area contributed by atoms with Crippen molar-refractivity contribution in [2.45, 2.75) is 64.6 Å². The highest BCUT2D eigenvalue weighted by molar-refractivity contribution is 5.85. The summed E-state index contributed by atoms with van der Waals surface area (Å²) < 4.78 is 2.29. The number of nitrogens with one attached hydrogen (secondary N) is 2. The van der Waals surface area contributed by atoms with Gasteiger partial charge in [0.1, 0.15) is 6.04 Å². The van der Waals surface area contributed by atoms with Gasteiger partial charge in [0.2, 0.25) is 5.91 Å². The predicted molar refractivity (Wildman–Crippen MR) is 110 cm³/mol. The number of carboxylic acids is 1. The molecule has 0 fully saturated rings. The number of amides is 1. The number of benzene rings is 1. The zero-order valence-corrected chi connectivity index (χ0v) is 16.9. The molecule has 1 unspecified atom stereocenters. The van der Waals surface area contributed by atoms with Crippen LogP contribution in [0.1, 0.15) is 51.8 Å². The monoisotopic (exact) mass is 385 g/mol. The molecule has 0 saturated heterocycles. The summed E-state index contributed by atoms with van der Waals surface area (Å²) in [5.74, 6) is -0.768. The maximum Gasteiger partial charge on any atom is 0.320 e. The van der Waals surface area contributed by atoms with E-state index in [1.54, 1.807) is 0 Å². The van der Waals surface area contributed by atoms with Crippen LogP contribution >= 0.6 is 0 Å². The molecule has 2 heterocycles. The molecule has 0 aliphatic carbocycles. The standard InChI is InChI=1S/C22H31N3O3/c1-14(2)24-19(22(27)28)9-6-7-11-23-21(26)18-13-17-12-16-8-4-5-10-20(16)25(17)15(18)3/h4-5,8,10,12,14-15,18-19,24H,6-7,9,11,13H2,1-3H3,(H,23,26)(H,27,28)/t15?,18-,19-/m0/s1. The molecule has 152 valence electrons. The van der Waals surface area contributed by atoms with E-state index in [9.17, 15) is 14.7 Å². The van der Waals surface area contributed by atoms with Crippen molar-refractivity contribution in [1.82, 2.24) is 15.2 Å². The van der Waals surface area contributed by atoms with Crippen molar-refractivity contribution < 1.29 is 14.7 Å². The summed E-state index contributed by atoms with van der Waals surface area (Å²) >= 11 is 0. The summed E-state index contributed by atoms with van der Waals surface area (Å²) in [5.41, 5.74) is 2.41. The van der Waals surface area contributed by atoms with Gasteiger partial charge in [-0.05, 0) is 43.7 Å². The van der Waals surface area contributed by atoms with Crippen molar-refractivity contribution in [2.24, 2.45) is 5.92 Å². The molecule has 28 heavy (non-hydrogen) atoms. The normalized spacial score (nSPS) is 19.7. The molecule has 6 nitrogen and oxygen atoms in total. The van der Waals surface area contributed by atoms with Gasteiger partial charge in [0, 0.05) is 36.3 Å². The van der Waals surface area contributed by atoms with Gasteiger partial charge in [-0.25, -0.2) is 0 Å². The second kappa shape index (κ2) is 8.78. The lowest BCUT2D eigenvalue weighted by Crippen LogP contribution is -2.40. The molecule has 0 radical (unpaired) electrons. The number of para-hydroxylation sites is 1. The van der Waals surface area contributed by atoms with Crippen LogP contribution < -0.4 is 10.6 Å². The molecular weight excluding hydrogens is 354 g/mol. The van der Waals surface area contributed by atoms with E-state index in [-0.39, 0.29) is 23.9 Å². The van der Waals surface area contributed by atoms with Gasteiger partial charge in [0.15, 0.2) is 0 Å². The number of carbonyl (C=O) groups is 2. The molecule has 3 N–H and O–H groups in total. The maximum absolute atomic E-state index is 12.7. The summed E-state index contributed by atoms with van der Waals surface area (Å²) in [6, 6.07) is 10.2. The summed E-state index contributed by atoms with van der Waals surface area (Å²) in [5, 5.41) is 16.6. The second-order valence-corrected chi connectivity index (χ2v) is 8.11. The molecule has 0 bridgehead atoms. The van der Waals surface area contributed by atoms with Crippen LogP contribution in [0.15, 0.2) is 30.3 Å². The first-order chi connectivity index (χ1) is 13.4. The fourth-order valence-electron chi connectivity index (χ4n) is 4.26. The van der Waals surface area contributed by atoms with E-state index in [4.69, 9.17) is 0 Å². The number of hydrogen-bond donors (Lipinski definition) is 3. The van der Waals surface area contributed by atoms with Crippen LogP contribution in [0.4, 0.5) is 0 Å². The lowest BCUT2D eigenvalue weighted by molar-refractivity contribution is -0.140. The Hall–Kier alpha value is -2.34. The van der Waals surface area contributed by atoms with E-state index < -0.39 is 12.0 Å². The molecule has 0 spiro atoms. The van der Waals surface area contributed by atoms with Crippen LogP contribution in [0.5, 0.6) is 0 Å². The number of rotatable bonds is 9. The number of carbonyl (C=O) groups excluding carboxylic acids is 1. The summed E-state index contributed by atoms with van der Waals surface area (Å²) in [6.45, 7) is 6.59. The van der Waals surface area contributed by atoms with Crippen molar-refractivity contribution in [3.63, 3.8) is 0 Å². The largest absolute Gasteiger partial charge is 0.480 e. The van der Waals surface area contributed by atoms with E-state index in [0.717, 1.165) is 19.3 Å². The fraction of sp³-hybridized carbons (Fsp3) is 0.545. The van der Waals surface area contributed by atoms with E-state index >= 15 is 0 Å². The van der Waals surface area contributed by atoms with Crippen molar-refractivity contribution in [2.75, 3.05) is 6.54 Å². The van der Waals surface area contributed by atoms with Gasteiger partial charge in [-0.15, -0.1) is 0 Å². The predicted octanol–water partition coefficient (Wildman–Crippen LogP) is 3.11. The molecular formula is C22H31N3O3. The highest BCUT2D eigenvalue weighted by Gasteiger charge is 2.35. The van der Waals surface area contributed by atoms with Crippen molar-refractivity contribution in [1.29, 1.82) is 0 Å². The van der Waals surface area contributed by atoms with E-state index in [2.05, 4.69) is 40.3 Å². The first-order valence-electron chi connectivity index (χ1n) is 10.2. The number of aliphatic carboxylic acids is 1. The number of nitrogens with zero attached hydrogens (tertiary/aromatic N) is 1.